The van der Waals surface area contributed by atoms with E-state index in [9.17, 15) is 0 Å². The second-order valence-electron chi connectivity index (χ2n) is 4.44. The quantitative estimate of drug-likeness (QED) is 0.559. The maximum absolute atomic E-state index is 4.63. The van der Waals surface area contributed by atoms with Crippen LogP contribution in [0.25, 0.3) is 10.2 Å². The molecule has 0 bridgehead atoms. The van der Waals surface area contributed by atoms with Gasteiger partial charge < -0.3 is 0 Å². The predicted octanol–water partition coefficient (Wildman–Crippen LogP) is 3.71. The number of aromatic nitrogens is 2. The molecule has 0 aliphatic heterocycles. The molecule has 2 nitrogen and oxygen atoms in total. The van der Waals surface area contributed by atoms with E-state index < -0.39 is 0 Å². The molecule has 0 atom stereocenters. The van der Waals surface area contributed by atoms with E-state index in [1.54, 1.807) is 23.1 Å². The minimum absolute atomic E-state index is 0.0799. The molecule has 0 spiro atoms. The van der Waals surface area contributed by atoms with E-state index in [-0.39, 0.29) is 5.41 Å². The first kappa shape index (κ1) is 10.9. The van der Waals surface area contributed by atoms with Gasteiger partial charge in [-0.2, -0.15) is 0 Å². The van der Waals surface area contributed by atoms with Gasteiger partial charge in [0.1, 0.15) is 0 Å². The van der Waals surface area contributed by atoms with E-state index in [4.69, 9.17) is 0 Å². The van der Waals surface area contributed by atoms with Crippen molar-refractivity contribution < 1.29 is 0 Å². The Kier molecular flexibility index (Phi) is 2.73. The fourth-order valence-electron chi connectivity index (χ4n) is 1.44. The highest BCUT2D eigenvalue weighted by molar-refractivity contribution is 7.98. The highest BCUT2D eigenvalue weighted by Crippen LogP contribution is 2.32. The lowest BCUT2D eigenvalue weighted by Crippen LogP contribution is -2.14. The fourth-order valence-corrected chi connectivity index (χ4v) is 2.84. The molecule has 2 rings (SSSR count). The predicted molar refractivity (Wildman–Crippen MR) is 67.9 cm³/mol. The van der Waals surface area contributed by atoms with Crippen LogP contribution >= 0.6 is 23.1 Å². The van der Waals surface area contributed by atoms with Gasteiger partial charge in [-0.05, 0) is 17.7 Å². The van der Waals surface area contributed by atoms with Crippen molar-refractivity contribution in [1.29, 1.82) is 0 Å². The summed E-state index contributed by atoms with van der Waals surface area (Å²) >= 11 is 3.33. The van der Waals surface area contributed by atoms with E-state index in [0.717, 1.165) is 16.4 Å². The summed E-state index contributed by atoms with van der Waals surface area (Å²) in [5.74, 6) is 0. The van der Waals surface area contributed by atoms with Gasteiger partial charge in [-0.25, -0.2) is 9.97 Å². The summed E-state index contributed by atoms with van der Waals surface area (Å²) in [5.41, 5.74) is 2.31. The first-order valence-corrected chi connectivity index (χ1v) is 6.92. The van der Waals surface area contributed by atoms with E-state index in [0.29, 0.717) is 0 Å². The first-order chi connectivity index (χ1) is 7.02. The monoisotopic (exact) mass is 238 g/mol. The van der Waals surface area contributed by atoms with Crippen molar-refractivity contribution in [3.63, 3.8) is 0 Å². The molecule has 0 aliphatic carbocycles. The highest BCUT2D eigenvalue weighted by Gasteiger charge is 2.21. The number of thiophene rings is 1. The van der Waals surface area contributed by atoms with Crippen molar-refractivity contribution in [3.05, 3.63) is 17.1 Å². The molecule has 0 unspecified atom stereocenters. The number of fused-ring (bicyclic) bond motifs is 1. The van der Waals surface area contributed by atoms with Crippen LogP contribution in [0, 0.1) is 0 Å². The SMILES string of the molecule is CSc1nc(C(C)(C)C)c2sccc2n1. The average molecular weight is 238 g/mol. The largest absolute Gasteiger partial charge is 0.226 e. The van der Waals surface area contributed by atoms with Gasteiger partial charge in [0.2, 0.25) is 0 Å². The van der Waals surface area contributed by atoms with Crippen LogP contribution in [0.15, 0.2) is 16.6 Å². The molecular weight excluding hydrogens is 224 g/mol. The van der Waals surface area contributed by atoms with Crippen LogP contribution in [0.3, 0.4) is 0 Å². The second-order valence-corrected chi connectivity index (χ2v) is 6.13. The Balaban J connectivity index is 2.74. The Morgan fingerprint density at radius 2 is 2.00 bits per heavy atom. The van der Waals surface area contributed by atoms with Gasteiger partial charge in [-0.1, -0.05) is 32.5 Å². The van der Waals surface area contributed by atoms with Crippen LogP contribution in [-0.4, -0.2) is 16.2 Å². The molecule has 4 heteroatoms. The molecule has 0 aliphatic rings. The van der Waals surface area contributed by atoms with E-state index >= 15 is 0 Å². The van der Waals surface area contributed by atoms with Crippen LogP contribution < -0.4 is 0 Å². The standard InChI is InChI=1S/C11H14N2S2/c1-11(2,3)9-8-7(5-6-15-8)12-10(13-9)14-4/h5-6H,1-4H3. The molecule has 2 aromatic rings. The Labute approximate surface area is 98.1 Å². The minimum Gasteiger partial charge on any atom is -0.226 e. The molecule has 0 fully saturated rings. The van der Waals surface area contributed by atoms with Crippen LogP contribution in [0.4, 0.5) is 0 Å². The van der Waals surface area contributed by atoms with Gasteiger partial charge in [-0.3, -0.25) is 0 Å². The zero-order valence-electron chi connectivity index (χ0n) is 9.37. The smallest absolute Gasteiger partial charge is 0.188 e. The van der Waals surface area contributed by atoms with Crippen molar-refractivity contribution in [2.45, 2.75) is 31.3 Å². The molecule has 80 valence electrons. The summed E-state index contributed by atoms with van der Waals surface area (Å²) in [6, 6.07) is 2.07. The van der Waals surface area contributed by atoms with Gasteiger partial charge in [-0.15, -0.1) is 11.3 Å². The van der Waals surface area contributed by atoms with Crippen LogP contribution in [0.1, 0.15) is 26.5 Å². The van der Waals surface area contributed by atoms with Crippen LogP contribution in [-0.2, 0) is 5.41 Å². The Bertz CT molecular complexity index is 483. The van der Waals surface area contributed by atoms with Gasteiger partial charge in [0.15, 0.2) is 5.16 Å². The molecule has 0 saturated heterocycles. The van der Waals surface area contributed by atoms with Crippen molar-refractivity contribution in [2.24, 2.45) is 0 Å². The summed E-state index contributed by atoms with van der Waals surface area (Å²) in [6.45, 7) is 6.58. The molecule has 2 heterocycles. The molecule has 2 aromatic heterocycles. The Morgan fingerprint density at radius 3 is 2.60 bits per heavy atom. The molecule has 0 radical (unpaired) electrons. The summed E-state index contributed by atoms with van der Waals surface area (Å²) in [4.78, 5) is 9.12. The summed E-state index contributed by atoms with van der Waals surface area (Å²) in [7, 11) is 0. The minimum atomic E-state index is 0.0799. The summed E-state index contributed by atoms with van der Waals surface area (Å²) in [6.07, 6.45) is 2.01. The zero-order valence-corrected chi connectivity index (χ0v) is 11.0. The Morgan fingerprint density at radius 1 is 1.27 bits per heavy atom. The summed E-state index contributed by atoms with van der Waals surface area (Å²) < 4.78 is 1.22. The van der Waals surface area contributed by atoms with E-state index in [1.165, 1.54) is 4.70 Å². The van der Waals surface area contributed by atoms with Crippen molar-refractivity contribution in [3.8, 4) is 0 Å². The number of hydrogen-bond acceptors (Lipinski definition) is 4. The number of hydrogen-bond donors (Lipinski definition) is 0. The van der Waals surface area contributed by atoms with Gasteiger partial charge in [0.05, 0.1) is 15.9 Å². The molecule has 0 saturated carbocycles. The zero-order chi connectivity index (χ0) is 11.1. The lowest BCUT2D eigenvalue weighted by atomic mass is 9.92. The lowest BCUT2D eigenvalue weighted by molar-refractivity contribution is 0.568. The molecule has 15 heavy (non-hydrogen) atoms. The average Bonchev–Trinajstić information content (AvgIpc) is 2.61. The van der Waals surface area contributed by atoms with Gasteiger partial charge in [0.25, 0.3) is 0 Å². The van der Waals surface area contributed by atoms with Crippen LogP contribution in [0.5, 0.6) is 0 Å². The van der Waals surface area contributed by atoms with Gasteiger partial charge in [0, 0.05) is 5.41 Å². The molecular formula is C11H14N2S2. The fraction of sp³-hybridized carbons (Fsp3) is 0.455. The number of thioether (sulfide) groups is 1. The first-order valence-electron chi connectivity index (χ1n) is 4.82. The van der Waals surface area contributed by atoms with Crippen molar-refractivity contribution >= 4 is 33.3 Å². The lowest BCUT2D eigenvalue weighted by Gasteiger charge is -2.18. The third-order valence-electron chi connectivity index (χ3n) is 2.18. The van der Waals surface area contributed by atoms with Crippen molar-refractivity contribution in [2.75, 3.05) is 6.26 Å². The number of rotatable bonds is 1. The van der Waals surface area contributed by atoms with Gasteiger partial charge >= 0.3 is 0 Å². The van der Waals surface area contributed by atoms with Crippen molar-refractivity contribution in [1.82, 2.24) is 9.97 Å². The van der Waals surface area contributed by atoms with E-state index in [1.807, 2.05) is 6.26 Å². The Hall–Kier alpha value is -0.610. The maximum Gasteiger partial charge on any atom is 0.188 e. The van der Waals surface area contributed by atoms with E-state index in [2.05, 4.69) is 42.2 Å². The summed E-state index contributed by atoms with van der Waals surface area (Å²) in [5, 5.41) is 2.95. The normalized spacial score (nSPS) is 12.3. The third kappa shape index (κ3) is 2.01. The topological polar surface area (TPSA) is 25.8 Å². The molecule has 0 aromatic carbocycles. The molecule has 0 N–H and O–H groups in total. The van der Waals surface area contributed by atoms with Crippen LogP contribution in [0.2, 0.25) is 0 Å². The molecule has 0 amide bonds. The highest BCUT2D eigenvalue weighted by atomic mass is 32.2. The second kappa shape index (κ2) is 3.76. The third-order valence-corrected chi connectivity index (χ3v) is 3.63. The number of nitrogens with zero attached hydrogens (tertiary/aromatic N) is 2. The maximum atomic E-state index is 4.63.